The van der Waals surface area contributed by atoms with Crippen LogP contribution in [0.15, 0.2) is 194 Å². The Bertz CT molecular complexity index is 3370. The summed E-state index contributed by atoms with van der Waals surface area (Å²) in [6.45, 7) is 0. The standard InChI is InChI=1S/C52H32N2S/c1-3-12-36(13-4-1)53(37-14-5-2-6-15-37)38-27-22-33(23-28-38)39-29-24-34-25-31-44-50-35(26-30-41(39)49(34)50)32-47-51(44)43-17-7-9-19-45(43)54(47)46-20-11-18-42-40-16-8-10-21-48(40)55-52(42)46/h1-32H. The van der Waals surface area contributed by atoms with E-state index in [-0.39, 0.29) is 0 Å². The quantitative estimate of drug-likeness (QED) is 0.161. The smallest absolute Gasteiger partial charge is 0.0640 e. The molecule has 0 atom stereocenters. The van der Waals surface area contributed by atoms with E-state index in [1.807, 2.05) is 11.3 Å². The summed E-state index contributed by atoms with van der Waals surface area (Å²) >= 11 is 1.89. The fourth-order valence-corrected chi connectivity index (χ4v) is 10.3. The third-order valence-corrected chi connectivity index (χ3v) is 12.7. The Morgan fingerprint density at radius 2 is 1.00 bits per heavy atom. The zero-order valence-corrected chi connectivity index (χ0v) is 30.6. The molecule has 12 aromatic rings. The summed E-state index contributed by atoms with van der Waals surface area (Å²) in [4.78, 5) is 2.32. The molecule has 256 valence electrons. The maximum Gasteiger partial charge on any atom is 0.0640 e. The molecule has 12 rings (SSSR count). The first kappa shape index (κ1) is 30.5. The number of nitrogens with zero attached hydrogens (tertiary/aromatic N) is 2. The monoisotopic (exact) mass is 716 g/mol. The van der Waals surface area contributed by atoms with Crippen LogP contribution in [0.5, 0.6) is 0 Å². The van der Waals surface area contributed by atoms with Crippen molar-refractivity contribution in [2.45, 2.75) is 0 Å². The Morgan fingerprint density at radius 3 is 1.80 bits per heavy atom. The van der Waals surface area contributed by atoms with Gasteiger partial charge in [0.15, 0.2) is 0 Å². The average molecular weight is 717 g/mol. The van der Waals surface area contributed by atoms with Crippen molar-refractivity contribution in [2.24, 2.45) is 0 Å². The molecule has 2 aromatic heterocycles. The Labute approximate surface area is 321 Å². The van der Waals surface area contributed by atoms with Crippen LogP contribution in [0.1, 0.15) is 0 Å². The van der Waals surface area contributed by atoms with Crippen molar-refractivity contribution in [2.75, 3.05) is 4.90 Å². The topological polar surface area (TPSA) is 8.17 Å². The van der Waals surface area contributed by atoms with Crippen molar-refractivity contribution in [3.05, 3.63) is 194 Å². The van der Waals surface area contributed by atoms with Crippen LogP contribution in [0, 0.1) is 0 Å². The Balaban J connectivity index is 1.07. The predicted molar refractivity (Wildman–Crippen MR) is 237 cm³/mol. The number of hydrogen-bond donors (Lipinski definition) is 0. The number of thiophene rings is 1. The summed E-state index contributed by atoms with van der Waals surface area (Å²) in [6, 6.07) is 71.2. The minimum Gasteiger partial charge on any atom is -0.311 e. The van der Waals surface area contributed by atoms with Gasteiger partial charge < -0.3 is 9.47 Å². The molecule has 0 spiro atoms. The van der Waals surface area contributed by atoms with Crippen LogP contribution >= 0.6 is 11.3 Å². The largest absolute Gasteiger partial charge is 0.311 e. The molecule has 0 aliphatic rings. The van der Waals surface area contributed by atoms with Crippen molar-refractivity contribution in [1.29, 1.82) is 0 Å². The lowest BCUT2D eigenvalue weighted by atomic mass is 9.88. The lowest BCUT2D eigenvalue weighted by Crippen LogP contribution is -2.09. The second-order valence-electron chi connectivity index (χ2n) is 14.5. The van der Waals surface area contributed by atoms with Crippen molar-refractivity contribution < 1.29 is 0 Å². The first-order valence-electron chi connectivity index (χ1n) is 18.9. The third-order valence-electron chi connectivity index (χ3n) is 11.5. The van der Waals surface area contributed by atoms with Crippen molar-refractivity contribution in [3.8, 4) is 16.8 Å². The lowest BCUT2D eigenvalue weighted by Gasteiger charge is -2.25. The zero-order chi connectivity index (χ0) is 36.0. The maximum absolute atomic E-state index is 2.51. The van der Waals surface area contributed by atoms with E-state index in [2.05, 4.69) is 204 Å². The van der Waals surface area contributed by atoms with Gasteiger partial charge >= 0.3 is 0 Å². The fourth-order valence-electron chi connectivity index (χ4n) is 9.14. The van der Waals surface area contributed by atoms with E-state index in [9.17, 15) is 0 Å². The highest BCUT2D eigenvalue weighted by molar-refractivity contribution is 7.26. The number of hydrogen-bond acceptors (Lipinski definition) is 2. The number of rotatable bonds is 5. The molecule has 55 heavy (non-hydrogen) atoms. The van der Waals surface area contributed by atoms with Crippen LogP contribution in [-0.4, -0.2) is 4.57 Å². The fraction of sp³-hybridized carbons (Fsp3) is 0. The summed E-state index contributed by atoms with van der Waals surface area (Å²) in [5.74, 6) is 0. The van der Waals surface area contributed by atoms with Gasteiger partial charge in [-0.05, 0) is 104 Å². The van der Waals surface area contributed by atoms with E-state index >= 15 is 0 Å². The molecule has 3 heteroatoms. The Morgan fingerprint density at radius 1 is 0.382 bits per heavy atom. The van der Waals surface area contributed by atoms with Crippen molar-refractivity contribution >= 4 is 103 Å². The van der Waals surface area contributed by atoms with Crippen LogP contribution in [0.25, 0.3) is 91.1 Å². The molecule has 0 aliphatic heterocycles. The van der Waals surface area contributed by atoms with E-state index in [4.69, 9.17) is 0 Å². The summed E-state index contributed by atoms with van der Waals surface area (Å²) in [6.07, 6.45) is 0. The van der Waals surface area contributed by atoms with Crippen LogP contribution < -0.4 is 4.90 Å². The van der Waals surface area contributed by atoms with Gasteiger partial charge in [0.2, 0.25) is 0 Å². The normalized spacial score (nSPS) is 12.0. The van der Waals surface area contributed by atoms with Crippen molar-refractivity contribution in [3.63, 3.8) is 0 Å². The van der Waals surface area contributed by atoms with Gasteiger partial charge in [0.1, 0.15) is 0 Å². The van der Waals surface area contributed by atoms with Crippen LogP contribution in [-0.2, 0) is 0 Å². The highest BCUT2D eigenvalue weighted by Crippen LogP contribution is 2.47. The molecule has 0 aliphatic carbocycles. The summed E-state index contributed by atoms with van der Waals surface area (Å²) in [5, 5.41) is 13.0. The van der Waals surface area contributed by atoms with Gasteiger partial charge in [-0.3, -0.25) is 0 Å². The zero-order valence-electron chi connectivity index (χ0n) is 29.8. The average Bonchev–Trinajstić information content (AvgIpc) is 3.80. The van der Waals surface area contributed by atoms with Gasteiger partial charge in [-0.1, -0.05) is 133 Å². The van der Waals surface area contributed by atoms with Crippen molar-refractivity contribution in [1.82, 2.24) is 4.57 Å². The molecule has 2 heterocycles. The highest BCUT2D eigenvalue weighted by atomic mass is 32.1. The van der Waals surface area contributed by atoms with Crippen LogP contribution in [0.3, 0.4) is 0 Å². The van der Waals surface area contributed by atoms with Crippen LogP contribution in [0.2, 0.25) is 0 Å². The van der Waals surface area contributed by atoms with Gasteiger partial charge in [0, 0.05) is 43.3 Å². The van der Waals surface area contributed by atoms with E-state index in [0.717, 1.165) is 17.1 Å². The number of benzene rings is 10. The minimum atomic E-state index is 1.13. The number of fused-ring (bicyclic) bond motifs is 7. The van der Waals surface area contributed by atoms with E-state index in [1.54, 1.807) is 0 Å². The molecule has 0 saturated heterocycles. The van der Waals surface area contributed by atoms with Gasteiger partial charge in [-0.2, -0.15) is 0 Å². The maximum atomic E-state index is 2.51. The van der Waals surface area contributed by atoms with Crippen LogP contribution in [0.4, 0.5) is 17.1 Å². The molecule has 0 N–H and O–H groups in total. The number of para-hydroxylation sites is 3. The summed E-state index contributed by atoms with van der Waals surface area (Å²) in [7, 11) is 0. The van der Waals surface area contributed by atoms with Gasteiger partial charge in [-0.25, -0.2) is 0 Å². The summed E-state index contributed by atoms with van der Waals surface area (Å²) < 4.78 is 5.16. The van der Waals surface area contributed by atoms with Gasteiger partial charge in [0.05, 0.1) is 21.4 Å². The molecule has 0 radical (unpaired) electrons. The van der Waals surface area contributed by atoms with E-state index < -0.39 is 0 Å². The second kappa shape index (κ2) is 11.8. The van der Waals surface area contributed by atoms with E-state index in [1.165, 1.54) is 91.1 Å². The predicted octanol–water partition coefficient (Wildman–Crippen LogP) is 15.2. The molecule has 0 bridgehead atoms. The molecular formula is C52H32N2S. The highest BCUT2D eigenvalue weighted by Gasteiger charge is 2.21. The number of aromatic nitrogens is 1. The third kappa shape index (κ3) is 4.48. The second-order valence-corrected chi connectivity index (χ2v) is 15.5. The Kier molecular flexibility index (Phi) is 6.54. The SMILES string of the molecule is c1ccc(N(c2ccccc2)c2ccc(-c3ccc4ccc5c6c(ccc3c46)cc3c5c4ccccc4n3-c3cccc4c3sc3ccccc34)cc2)cc1. The van der Waals surface area contributed by atoms with Gasteiger partial charge in [-0.15, -0.1) is 11.3 Å². The minimum absolute atomic E-state index is 1.13. The molecule has 0 amide bonds. The first-order valence-corrected chi connectivity index (χ1v) is 19.7. The molecule has 2 nitrogen and oxygen atoms in total. The molecule has 0 saturated carbocycles. The molecular weight excluding hydrogens is 685 g/mol. The first-order chi connectivity index (χ1) is 27.3. The molecule has 0 unspecified atom stereocenters. The summed E-state index contributed by atoms with van der Waals surface area (Å²) in [5.41, 5.74) is 9.58. The Hall–Kier alpha value is -6.94. The molecule has 10 aromatic carbocycles. The van der Waals surface area contributed by atoms with Gasteiger partial charge in [0.25, 0.3) is 0 Å². The lowest BCUT2D eigenvalue weighted by molar-refractivity contribution is 1.20. The molecule has 0 fully saturated rings. The number of anilines is 3. The van der Waals surface area contributed by atoms with E-state index in [0.29, 0.717) is 0 Å².